The average molecular weight is 361 g/mol. The number of nitrogens with zero attached hydrogens (tertiary/aromatic N) is 4. The number of carbonyl (C=O) groups excluding carboxylic acids is 1. The van der Waals surface area contributed by atoms with Crippen LogP contribution in [0.3, 0.4) is 0 Å². The number of fused-ring (bicyclic) bond motifs is 1. The van der Waals surface area contributed by atoms with Crippen molar-refractivity contribution in [2.45, 2.75) is 39.3 Å². The van der Waals surface area contributed by atoms with E-state index in [0.29, 0.717) is 5.69 Å². The smallest absolute Gasteiger partial charge is 0.271 e. The zero-order chi connectivity index (χ0) is 18.9. The van der Waals surface area contributed by atoms with Gasteiger partial charge in [-0.3, -0.25) is 14.5 Å². The second kappa shape index (κ2) is 6.95. The summed E-state index contributed by atoms with van der Waals surface area (Å²) in [7, 11) is 0. The number of carbonyl (C=O) groups is 1. The summed E-state index contributed by atoms with van der Waals surface area (Å²) in [5.41, 5.74) is 3.91. The molecule has 0 bridgehead atoms. The number of aromatic nitrogens is 4. The van der Waals surface area contributed by atoms with Crippen LogP contribution in [-0.4, -0.2) is 25.7 Å². The van der Waals surface area contributed by atoms with Gasteiger partial charge in [-0.05, 0) is 23.8 Å². The Bertz CT molecular complexity index is 934. The third-order valence-corrected chi connectivity index (χ3v) is 5.04. The van der Waals surface area contributed by atoms with E-state index in [1.165, 1.54) is 23.7 Å². The van der Waals surface area contributed by atoms with Crippen LogP contribution in [0, 0.1) is 5.41 Å². The number of amides is 1. The molecule has 1 atom stereocenters. The fraction of sp³-hybridized carbons (Fsp3) is 0.333. The first-order valence-corrected chi connectivity index (χ1v) is 9.17. The van der Waals surface area contributed by atoms with E-state index in [1.54, 1.807) is 6.20 Å². The Hall–Kier alpha value is -3.02. The molecule has 6 nitrogen and oxygen atoms in total. The fourth-order valence-corrected chi connectivity index (χ4v) is 3.77. The second-order valence-corrected chi connectivity index (χ2v) is 7.85. The Balaban J connectivity index is 1.61. The number of hydrogen-bond acceptors (Lipinski definition) is 4. The standard InChI is InChI=1S/C21H23N5O/c1-21(2)10-17(25-20(27)18-13-22-8-9-23-18)16-12-24-26(19(16)11-21)14-15-6-4-3-5-7-15/h3-9,12-13,17H,10-11,14H2,1-2H3,(H,25,27)/t17-/m0/s1. The quantitative estimate of drug-likeness (QED) is 0.775. The molecule has 0 saturated heterocycles. The second-order valence-electron chi connectivity index (χ2n) is 7.85. The van der Waals surface area contributed by atoms with Gasteiger partial charge >= 0.3 is 0 Å². The Kier molecular flexibility index (Phi) is 4.48. The van der Waals surface area contributed by atoms with Crippen LogP contribution in [0.4, 0.5) is 0 Å². The fourth-order valence-electron chi connectivity index (χ4n) is 3.77. The van der Waals surface area contributed by atoms with Crippen molar-refractivity contribution in [2.75, 3.05) is 0 Å². The number of hydrogen-bond donors (Lipinski definition) is 1. The van der Waals surface area contributed by atoms with Crippen LogP contribution in [0.1, 0.15) is 53.6 Å². The van der Waals surface area contributed by atoms with E-state index in [9.17, 15) is 4.79 Å². The van der Waals surface area contributed by atoms with Crippen molar-refractivity contribution in [3.05, 3.63) is 77.6 Å². The minimum atomic E-state index is -0.201. The summed E-state index contributed by atoms with van der Waals surface area (Å²) in [6.07, 6.45) is 8.28. The van der Waals surface area contributed by atoms with E-state index in [1.807, 2.05) is 24.4 Å². The van der Waals surface area contributed by atoms with Gasteiger partial charge in [0, 0.05) is 23.7 Å². The highest BCUT2D eigenvalue weighted by molar-refractivity contribution is 5.92. The van der Waals surface area contributed by atoms with E-state index in [2.05, 4.69) is 51.0 Å². The lowest BCUT2D eigenvalue weighted by atomic mass is 9.74. The SMILES string of the molecule is CC1(C)Cc2c(cnn2Cc2ccccc2)[C@@H](NC(=O)c2cnccn2)C1. The van der Waals surface area contributed by atoms with Crippen molar-refractivity contribution in [1.29, 1.82) is 0 Å². The summed E-state index contributed by atoms with van der Waals surface area (Å²) in [6, 6.07) is 10.2. The first kappa shape index (κ1) is 17.4. The van der Waals surface area contributed by atoms with E-state index in [-0.39, 0.29) is 17.4 Å². The first-order valence-electron chi connectivity index (χ1n) is 9.17. The highest BCUT2D eigenvalue weighted by Crippen LogP contribution is 2.40. The predicted octanol–water partition coefficient (Wildman–Crippen LogP) is 3.16. The Morgan fingerprint density at radius 1 is 1.22 bits per heavy atom. The van der Waals surface area contributed by atoms with Crippen molar-refractivity contribution in [2.24, 2.45) is 5.41 Å². The summed E-state index contributed by atoms with van der Waals surface area (Å²) in [6.45, 7) is 5.20. The lowest BCUT2D eigenvalue weighted by molar-refractivity contribution is 0.0913. The van der Waals surface area contributed by atoms with Crippen molar-refractivity contribution in [3.8, 4) is 0 Å². The highest BCUT2D eigenvalue weighted by atomic mass is 16.1. The summed E-state index contributed by atoms with van der Waals surface area (Å²) >= 11 is 0. The van der Waals surface area contributed by atoms with Gasteiger partial charge in [-0.1, -0.05) is 44.2 Å². The molecule has 0 aliphatic heterocycles. The van der Waals surface area contributed by atoms with Gasteiger partial charge in [-0.2, -0.15) is 5.10 Å². The summed E-state index contributed by atoms with van der Waals surface area (Å²) in [5, 5.41) is 7.76. The number of rotatable bonds is 4. The molecule has 1 N–H and O–H groups in total. The van der Waals surface area contributed by atoms with Crippen molar-refractivity contribution >= 4 is 5.91 Å². The van der Waals surface area contributed by atoms with Gasteiger partial charge < -0.3 is 5.32 Å². The molecule has 1 aliphatic rings. The zero-order valence-electron chi connectivity index (χ0n) is 15.6. The Morgan fingerprint density at radius 3 is 2.78 bits per heavy atom. The maximum absolute atomic E-state index is 12.6. The number of benzene rings is 1. The molecule has 0 unspecified atom stereocenters. The highest BCUT2D eigenvalue weighted by Gasteiger charge is 2.36. The van der Waals surface area contributed by atoms with Crippen LogP contribution < -0.4 is 5.32 Å². The average Bonchev–Trinajstić information content (AvgIpc) is 3.05. The molecule has 6 heteroatoms. The van der Waals surface area contributed by atoms with Crippen molar-refractivity contribution in [3.63, 3.8) is 0 Å². The molecule has 1 aliphatic carbocycles. The van der Waals surface area contributed by atoms with Crippen molar-refractivity contribution < 1.29 is 4.79 Å². The molecule has 0 radical (unpaired) electrons. The van der Waals surface area contributed by atoms with Gasteiger partial charge in [0.15, 0.2) is 0 Å². The minimum Gasteiger partial charge on any atom is -0.344 e. The lowest BCUT2D eigenvalue weighted by Gasteiger charge is -2.36. The van der Waals surface area contributed by atoms with Gasteiger partial charge in [0.25, 0.3) is 5.91 Å². The maximum Gasteiger partial charge on any atom is 0.271 e. The maximum atomic E-state index is 12.6. The molecule has 2 heterocycles. The monoisotopic (exact) mass is 361 g/mol. The van der Waals surface area contributed by atoms with Crippen molar-refractivity contribution in [1.82, 2.24) is 25.1 Å². The lowest BCUT2D eigenvalue weighted by Crippen LogP contribution is -2.37. The molecule has 3 aromatic rings. The van der Waals surface area contributed by atoms with Crippen LogP contribution in [0.5, 0.6) is 0 Å². The summed E-state index contributed by atoms with van der Waals surface area (Å²) < 4.78 is 2.06. The van der Waals surface area contributed by atoms with Gasteiger partial charge in [0.2, 0.25) is 0 Å². The van der Waals surface area contributed by atoms with E-state index >= 15 is 0 Å². The van der Waals surface area contributed by atoms with Crippen LogP contribution in [0.2, 0.25) is 0 Å². The molecule has 4 rings (SSSR count). The topological polar surface area (TPSA) is 72.7 Å². The molecule has 138 valence electrons. The van der Waals surface area contributed by atoms with Gasteiger partial charge in [-0.25, -0.2) is 4.98 Å². The molecule has 1 amide bonds. The zero-order valence-corrected chi connectivity index (χ0v) is 15.6. The third kappa shape index (κ3) is 3.74. The van der Waals surface area contributed by atoms with E-state index in [4.69, 9.17) is 0 Å². The van der Waals surface area contributed by atoms with Crippen LogP contribution in [0.25, 0.3) is 0 Å². The molecule has 0 spiro atoms. The van der Waals surface area contributed by atoms with Crippen LogP contribution >= 0.6 is 0 Å². The molecule has 0 saturated carbocycles. The summed E-state index contributed by atoms with van der Waals surface area (Å²) in [5.74, 6) is -0.201. The normalized spacial score (nSPS) is 17.9. The van der Waals surface area contributed by atoms with Gasteiger partial charge in [-0.15, -0.1) is 0 Å². The van der Waals surface area contributed by atoms with Gasteiger partial charge in [0.1, 0.15) is 5.69 Å². The van der Waals surface area contributed by atoms with E-state index < -0.39 is 0 Å². The van der Waals surface area contributed by atoms with Crippen LogP contribution in [0.15, 0.2) is 55.1 Å². The Morgan fingerprint density at radius 2 is 2.04 bits per heavy atom. The minimum absolute atomic E-state index is 0.0712. The number of nitrogens with one attached hydrogen (secondary N) is 1. The molecule has 0 fully saturated rings. The Labute approximate surface area is 158 Å². The molecule has 2 aromatic heterocycles. The van der Waals surface area contributed by atoms with Gasteiger partial charge in [0.05, 0.1) is 25.0 Å². The molecule has 27 heavy (non-hydrogen) atoms. The van der Waals surface area contributed by atoms with Crippen LogP contribution in [-0.2, 0) is 13.0 Å². The van der Waals surface area contributed by atoms with E-state index in [0.717, 1.165) is 24.9 Å². The summed E-state index contributed by atoms with van der Waals surface area (Å²) in [4.78, 5) is 20.7. The largest absolute Gasteiger partial charge is 0.344 e. The third-order valence-electron chi connectivity index (χ3n) is 5.04. The molecular weight excluding hydrogens is 338 g/mol. The first-order chi connectivity index (χ1) is 13.0. The predicted molar refractivity (Wildman–Crippen MR) is 102 cm³/mol. The molecule has 1 aromatic carbocycles. The molecular formula is C21H23N5O.